The summed E-state index contributed by atoms with van der Waals surface area (Å²) in [5.41, 5.74) is 0.910. The van der Waals surface area contributed by atoms with Gasteiger partial charge in [0.2, 0.25) is 5.95 Å². The van der Waals surface area contributed by atoms with Gasteiger partial charge in [0.1, 0.15) is 0 Å². The highest BCUT2D eigenvalue weighted by molar-refractivity contribution is 5.47. The molecule has 88 valence electrons. The summed E-state index contributed by atoms with van der Waals surface area (Å²) in [6.07, 6.45) is 5.56. The van der Waals surface area contributed by atoms with Crippen molar-refractivity contribution in [2.75, 3.05) is 18.1 Å². The first-order chi connectivity index (χ1) is 7.81. The zero-order valence-corrected chi connectivity index (χ0v) is 9.27. The maximum absolute atomic E-state index is 13.0. The summed E-state index contributed by atoms with van der Waals surface area (Å²) in [4.78, 5) is 5.79. The van der Waals surface area contributed by atoms with E-state index >= 15 is 0 Å². The Hall–Kier alpha value is -1.16. The van der Waals surface area contributed by atoms with Gasteiger partial charge in [0.25, 0.3) is 0 Å². The zero-order chi connectivity index (χ0) is 11.4. The minimum atomic E-state index is -0.426. The molecule has 0 radical (unpaired) electrons. The molecule has 0 aromatic carbocycles. The van der Waals surface area contributed by atoms with Crippen LogP contribution in [0.2, 0.25) is 0 Å². The molecule has 1 aliphatic heterocycles. The number of aromatic nitrogens is 1. The Kier molecular flexibility index (Phi) is 3.72. The van der Waals surface area contributed by atoms with Gasteiger partial charge in [0.15, 0.2) is 0 Å². The normalized spacial score (nSPS) is 20.4. The van der Waals surface area contributed by atoms with Crippen LogP contribution >= 0.6 is 0 Å². The molecule has 1 saturated heterocycles. The molecule has 1 fully saturated rings. The van der Waals surface area contributed by atoms with Gasteiger partial charge >= 0.3 is 0 Å². The van der Waals surface area contributed by atoms with E-state index in [1.54, 1.807) is 0 Å². The average Bonchev–Trinajstić information content (AvgIpc) is 2.74. The van der Waals surface area contributed by atoms with E-state index in [0.29, 0.717) is 6.04 Å². The van der Waals surface area contributed by atoms with E-state index in [9.17, 15) is 4.39 Å². The molecule has 0 bridgehead atoms. The highest BCUT2D eigenvalue weighted by Crippen LogP contribution is 2.27. The van der Waals surface area contributed by atoms with Crippen molar-refractivity contribution in [3.63, 3.8) is 0 Å². The molecule has 1 N–H and O–H groups in total. The smallest absolute Gasteiger partial charge is 0.214 e. The van der Waals surface area contributed by atoms with Gasteiger partial charge in [0, 0.05) is 37.1 Å². The van der Waals surface area contributed by atoms with E-state index in [-0.39, 0.29) is 6.61 Å². The van der Waals surface area contributed by atoms with Gasteiger partial charge in [-0.15, -0.1) is 0 Å². The number of hydrogen-bond acceptors (Lipinski definition) is 3. The van der Waals surface area contributed by atoms with Crippen molar-refractivity contribution in [2.45, 2.75) is 31.7 Å². The maximum Gasteiger partial charge on any atom is 0.214 e. The molecule has 2 heterocycles. The Morgan fingerprint density at radius 2 is 2.44 bits per heavy atom. The number of aliphatic hydroxyl groups excluding tert-OH is 1. The molecule has 1 aromatic rings. The largest absolute Gasteiger partial charge is 0.396 e. The van der Waals surface area contributed by atoms with Crippen molar-refractivity contribution >= 4 is 5.69 Å². The summed E-state index contributed by atoms with van der Waals surface area (Å²) in [5.74, 6) is -0.426. The van der Waals surface area contributed by atoms with Crippen molar-refractivity contribution in [2.24, 2.45) is 0 Å². The van der Waals surface area contributed by atoms with E-state index < -0.39 is 5.95 Å². The summed E-state index contributed by atoms with van der Waals surface area (Å²) in [6.45, 7) is 1.20. The summed E-state index contributed by atoms with van der Waals surface area (Å²) >= 11 is 0. The lowest BCUT2D eigenvalue weighted by atomic mass is 10.1. The third-order valence-corrected chi connectivity index (χ3v) is 3.11. The van der Waals surface area contributed by atoms with Crippen LogP contribution in [0.15, 0.2) is 18.3 Å². The molecule has 0 spiro atoms. The second-order valence-electron chi connectivity index (χ2n) is 4.19. The van der Waals surface area contributed by atoms with Crippen molar-refractivity contribution in [1.29, 1.82) is 0 Å². The molecule has 1 aliphatic rings. The maximum atomic E-state index is 13.0. The van der Waals surface area contributed by atoms with Crippen molar-refractivity contribution < 1.29 is 9.50 Å². The molecule has 4 heteroatoms. The van der Waals surface area contributed by atoms with E-state index in [0.717, 1.165) is 37.9 Å². The van der Waals surface area contributed by atoms with Gasteiger partial charge in [0.05, 0.1) is 0 Å². The lowest BCUT2D eigenvalue weighted by molar-refractivity contribution is 0.279. The van der Waals surface area contributed by atoms with E-state index in [1.165, 1.54) is 12.3 Å². The fourth-order valence-corrected chi connectivity index (χ4v) is 2.37. The number of hydrogen-bond donors (Lipinski definition) is 1. The number of rotatable bonds is 4. The number of pyridine rings is 1. The minimum Gasteiger partial charge on any atom is -0.396 e. The SMILES string of the molecule is OCCCC1CCCN1c1ccnc(F)c1. The Labute approximate surface area is 94.9 Å². The van der Waals surface area contributed by atoms with Crippen LogP contribution in [0, 0.1) is 5.95 Å². The first-order valence-corrected chi connectivity index (χ1v) is 5.80. The van der Waals surface area contributed by atoms with E-state index in [4.69, 9.17) is 5.11 Å². The third-order valence-electron chi connectivity index (χ3n) is 3.11. The second kappa shape index (κ2) is 5.25. The molecule has 0 amide bonds. The highest BCUT2D eigenvalue weighted by Gasteiger charge is 2.24. The van der Waals surface area contributed by atoms with Gasteiger partial charge < -0.3 is 10.0 Å². The predicted octanol–water partition coefficient (Wildman–Crippen LogP) is 1.96. The molecule has 16 heavy (non-hydrogen) atoms. The molecule has 1 unspecified atom stereocenters. The fraction of sp³-hybridized carbons (Fsp3) is 0.583. The Morgan fingerprint density at radius 3 is 3.19 bits per heavy atom. The van der Waals surface area contributed by atoms with Gasteiger partial charge in [-0.3, -0.25) is 0 Å². The van der Waals surface area contributed by atoms with Crippen LogP contribution < -0.4 is 4.90 Å². The number of halogens is 1. The standard InChI is InChI=1S/C12H17FN2O/c13-12-9-11(5-6-14-12)15-7-1-3-10(15)4-2-8-16/h5-6,9-10,16H,1-4,7-8H2. The summed E-state index contributed by atoms with van der Waals surface area (Å²) in [6, 6.07) is 3.77. The van der Waals surface area contributed by atoms with Gasteiger partial charge in [-0.2, -0.15) is 4.39 Å². The number of aliphatic hydroxyl groups is 1. The predicted molar refractivity (Wildman–Crippen MR) is 60.9 cm³/mol. The first-order valence-electron chi connectivity index (χ1n) is 5.80. The number of nitrogens with zero attached hydrogens (tertiary/aromatic N) is 2. The van der Waals surface area contributed by atoms with E-state index in [1.807, 2.05) is 6.07 Å². The summed E-state index contributed by atoms with van der Waals surface area (Å²) in [5, 5.41) is 8.84. The quantitative estimate of drug-likeness (QED) is 0.794. The number of anilines is 1. The average molecular weight is 224 g/mol. The zero-order valence-electron chi connectivity index (χ0n) is 9.27. The van der Waals surface area contributed by atoms with E-state index in [2.05, 4.69) is 9.88 Å². The van der Waals surface area contributed by atoms with Gasteiger partial charge in [-0.25, -0.2) is 4.98 Å². The van der Waals surface area contributed by atoms with Gasteiger partial charge in [-0.1, -0.05) is 0 Å². The summed E-state index contributed by atoms with van der Waals surface area (Å²) in [7, 11) is 0. The topological polar surface area (TPSA) is 36.4 Å². The Balaban J connectivity index is 2.07. The van der Waals surface area contributed by atoms with Crippen molar-refractivity contribution in [1.82, 2.24) is 4.98 Å². The van der Waals surface area contributed by atoms with Crippen LogP contribution in [-0.4, -0.2) is 29.3 Å². The highest BCUT2D eigenvalue weighted by atomic mass is 19.1. The second-order valence-corrected chi connectivity index (χ2v) is 4.19. The van der Waals surface area contributed by atoms with Crippen LogP contribution in [0.25, 0.3) is 0 Å². The van der Waals surface area contributed by atoms with Crippen molar-refractivity contribution in [3.05, 3.63) is 24.3 Å². The fourth-order valence-electron chi connectivity index (χ4n) is 2.37. The first kappa shape index (κ1) is 11.3. The molecular formula is C12H17FN2O. The van der Waals surface area contributed by atoms with Crippen molar-refractivity contribution in [3.8, 4) is 0 Å². The summed E-state index contributed by atoms with van der Waals surface area (Å²) < 4.78 is 13.0. The minimum absolute atomic E-state index is 0.231. The third kappa shape index (κ3) is 2.50. The molecule has 3 nitrogen and oxygen atoms in total. The lowest BCUT2D eigenvalue weighted by Gasteiger charge is -2.26. The molecule has 1 atom stereocenters. The Bertz CT molecular complexity index is 346. The molecule has 1 aromatic heterocycles. The van der Waals surface area contributed by atoms with Crippen LogP contribution in [-0.2, 0) is 0 Å². The van der Waals surface area contributed by atoms with Crippen LogP contribution in [0.1, 0.15) is 25.7 Å². The molecular weight excluding hydrogens is 207 g/mol. The molecule has 0 aliphatic carbocycles. The lowest BCUT2D eigenvalue weighted by Crippen LogP contribution is -2.29. The van der Waals surface area contributed by atoms with Crippen LogP contribution in [0.3, 0.4) is 0 Å². The molecule has 2 rings (SSSR count). The van der Waals surface area contributed by atoms with Crippen LogP contribution in [0.4, 0.5) is 10.1 Å². The van der Waals surface area contributed by atoms with Crippen LogP contribution in [0.5, 0.6) is 0 Å². The molecule has 0 saturated carbocycles. The van der Waals surface area contributed by atoms with Gasteiger partial charge in [-0.05, 0) is 31.7 Å². The monoisotopic (exact) mass is 224 g/mol. The Morgan fingerprint density at radius 1 is 1.56 bits per heavy atom.